The highest BCUT2D eigenvalue weighted by Crippen LogP contribution is 2.21. The highest BCUT2D eigenvalue weighted by molar-refractivity contribution is 6.05. The van der Waals surface area contributed by atoms with Gasteiger partial charge in [0.15, 0.2) is 5.82 Å². The van der Waals surface area contributed by atoms with Gasteiger partial charge in [-0.25, -0.2) is 4.98 Å². The van der Waals surface area contributed by atoms with E-state index in [9.17, 15) is 4.79 Å². The lowest BCUT2D eigenvalue weighted by Crippen LogP contribution is -2.17. The summed E-state index contributed by atoms with van der Waals surface area (Å²) in [6.45, 7) is 4.00. The Kier molecular flexibility index (Phi) is 3.11. The molecule has 0 bridgehead atoms. The molecule has 0 unspecified atom stereocenters. The third-order valence-electron chi connectivity index (χ3n) is 3.24. The molecule has 1 heterocycles. The molecule has 0 fully saturated rings. The van der Waals surface area contributed by atoms with E-state index in [1.54, 1.807) is 0 Å². The van der Waals surface area contributed by atoms with Gasteiger partial charge in [0.1, 0.15) is 0 Å². The fourth-order valence-electron chi connectivity index (χ4n) is 2.38. The highest BCUT2D eigenvalue weighted by Gasteiger charge is 2.08. The predicted molar refractivity (Wildman–Crippen MR) is 84.3 cm³/mol. The van der Waals surface area contributed by atoms with Gasteiger partial charge in [-0.3, -0.25) is 4.79 Å². The van der Waals surface area contributed by atoms with E-state index in [4.69, 9.17) is 0 Å². The summed E-state index contributed by atoms with van der Waals surface area (Å²) in [7, 11) is 0. The summed E-state index contributed by atoms with van der Waals surface area (Å²) in [5.41, 5.74) is 0.777. The van der Waals surface area contributed by atoms with Crippen LogP contribution in [0.4, 0.5) is 5.82 Å². The Morgan fingerprint density at radius 2 is 1.50 bits per heavy atom. The number of aromatic nitrogens is 1. The van der Waals surface area contributed by atoms with E-state index in [1.807, 2.05) is 62.4 Å². The Bertz CT molecular complexity index is 841. The van der Waals surface area contributed by atoms with Crippen LogP contribution >= 0.6 is 0 Å². The Morgan fingerprint density at radius 3 is 2.20 bits per heavy atom. The molecule has 0 radical (unpaired) electrons. The molecule has 1 aromatic heterocycles. The minimum atomic E-state index is -0.0505. The fourth-order valence-corrected chi connectivity index (χ4v) is 2.38. The molecule has 0 atom stereocenters. The molecule has 0 spiro atoms. The molecule has 0 amide bonds. The minimum absolute atomic E-state index is 0.0505. The quantitative estimate of drug-likeness (QED) is 0.769. The van der Waals surface area contributed by atoms with Gasteiger partial charge < -0.3 is 5.32 Å². The van der Waals surface area contributed by atoms with Crippen molar-refractivity contribution in [3.63, 3.8) is 0 Å². The zero-order chi connectivity index (χ0) is 14.1. The zero-order valence-electron chi connectivity index (χ0n) is 11.6. The minimum Gasteiger partial charge on any atom is -0.365 e. The van der Waals surface area contributed by atoms with Gasteiger partial charge in [-0.05, 0) is 25.3 Å². The van der Waals surface area contributed by atoms with Crippen LogP contribution in [0.2, 0.25) is 0 Å². The largest absolute Gasteiger partial charge is 0.365 e. The predicted octanol–water partition coefficient (Wildman–Crippen LogP) is 3.57. The van der Waals surface area contributed by atoms with Gasteiger partial charge in [0, 0.05) is 16.8 Å². The van der Waals surface area contributed by atoms with Crippen molar-refractivity contribution in [2.75, 3.05) is 5.32 Å². The summed E-state index contributed by atoms with van der Waals surface area (Å²) in [6, 6.07) is 15.7. The molecule has 0 aliphatic carbocycles. The lowest BCUT2D eigenvalue weighted by molar-refractivity contribution is 0.890. The van der Waals surface area contributed by atoms with E-state index in [2.05, 4.69) is 10.3 Å². The van der Waals surface area contributed by atoms with Gasteiger partial charge in [-0.15, -0.1) is 0 Å². The number of nitrogens with zero attached hydrogens (tertiary/aromatic N) is 1. The zero-order valence-corrected chi connectivity index (χ0v) is 11.6. The molecule has 0 aliphatic rings. The Labute approximate surface area is 117 Å². The first-order valence-electron chi connectivity index (χ1n) is 6.75. The van der Waals surface area contributed by atoms with E-state index in [1.165, 1.54) is 0 Å². The standard InChI is InChI=1S/C17H16N2O/c1-11(2)18-17-16(20)14-9-4-3-7-12(14)13-8-5-6-10-15(13)19-17/h3-11H,1-2H3,(H,18,19,20). The Balaban J connectivity index is 2.53. The van der Waals surface area contributed by atoms with E-state index in [-0.39, 0.29) is 11.5 Å². The van der Waals surface area contributed by atoms with Crippen LogP contribution < -0.4 is 10.7 Å². The summed E-state index contributed by atoms with van der Waals surface area (Å²) < 4.78 is 0. The van der Waals surface area contributed by atoms with Crippen LogP contribution in [-0.4, -0.2) is 11.0 Å². The molecule has 1 N–H and O–H groups in total. The number of hydrogen-bond acceptors (Lipinski definition) is 3. The van der Waals surface area contributed by atoms with Gasteiger partial charge in [-0.2, -0.15) is 0 Å². The molecule has 3 heteroatoms. The second-order valence-corrected chi connectivity index (χ2v) is 5.15. The van der Waals surface area contributed by atoms with Gasteiger partial charge >= 0.3 is 0 Å². The first-order chi connectivity index (χ1) is 9.66. The molecule has 0 aliphatic heterocycles. The van der Waals surface area contributed by atoms with Crippen molar-refractivity contribution >= 4 is 27.5 Å². The van der Waals surface area contributed by atoms with E-state index in [0.29, 0.717) is 11.2 Å². The van der Waals surface area contributed by atoms with E-state index in [0.717, 1.165) is 16.3 Å². The van der Waals surface area contributed by atoms with Crippen LogP contribution in [0.25, 0.3) is 21.7 Å². The van der Waals surface area contributed by atoms with Crippen molar-refractivity contribution in [2.45, 2.75) is 19.9 Å². The summed E-state index contributed by atoms with van der Waals surface area (Å²) in [5.74, 6) is 0.414. The number of benzene rings is 2. The highest BCUT2D eigenvalue weighted by atomic mass is 16.1. The average Bonchev–Trinajstić information content (AvgIpc) is 2.56. The van der Waals surface area contributed by atoms with Crippen molar-refractivity contribution < 1.29 is 0 Å². The van der Waals surface area contributed by atoms with Crippen molar-refractivity contribution in [1.29, 1.82) is 0 Å². The first kappa shape index (κ1) is 12.6. The van der Waals surface area contributed by atoms with Crippen LogP contribution in [0.15, 0.2) is 53.3 Å². The van der Waals surface area contributed by atoms with Crippen molar-refractivity contribution in [1.82, 2.24) is 4.98 Å². The molecule has 0 saturated heterocycles. The van der Waals surface area contributed by atoms with Crippen LogP contribution in [-0.2, 0) is 0 Å². The summed E-state index contributed by atoms with van der Waals surface area (Å²) in [5, 5.41) is 5.79. The molecule has 0 saturated carbocycles. The third kappa shape index (κ3) is 2.11. The third-order valence-corrected chi connectivity index (χ3v) is 3.24. The number of hydrogen-bond donors (Lipinski definition) is 1. The molecule has 3 nitrogen and oxygen atoms in total. The molecule has 3 aromatic rings. The summed E-state index contributed by atoms with van der Waals surface area (Å²) in [4.78, 5) is 17.2. The van der Waals surface area contributed by atoms with Crippen LogP contribution in [0.3, 0.4) is 0 Å². The lowest BCUT2D eigenvalue weighted by Gasteiger charge is -2.06. The molecule has 3 rings (SSSR count). The average molecular weight is 264 g/mol. The molecular formula is C17H16N2O. The monoisotopic (exact) mass is 264 g/mol. The van der Waals surface area contributed by atoms with Crippen molar-refractivity contribution in [2.24, 2.45) is 0 Å². The molecule has 2 aromatic carbocycles. The maximum atomic E-state index is 12.6. The second-order valence-electron chi connectivity index (χ2n) is 5.15. The van der Waals surface area contributed by atoms with Crippen LogP contribution in [0, 0.1) is 0 Å². The summed E-state index contributed by atoms with van der Waals surface area (Å²) in [6.07, 6.45) is 0. The van der Waals surface area contributed by atoms with Gasteiger partial charge in [0.25, 0.3) is 0 Å². The number of fused-ring (bicyclic) bond motifs is 3. The molecule has 100 valence electrons. The normalized spacial score (nSPS) is 11.2. The Morgan fingerprint density at radius 1 is 0.900 bits per heavy atom. The maximum Gasteiger partial charge on any atom is 0.228 e. The second kappa shape index (κ2) is 4.93. The maximum absolute atomic E-state index is 12.6. The van der Waals surface area contributed by atoms with Crippen LogP contribution in [0.5, 0.6) is 0 Å². The number of nitrogens with one attached hydrogen (secondary N) is 1. The topological polar surface area (TPSA) is 42.0 Å². The fraction of sp³-hybridized carbons (Fsp3) is 0.176. The number of anilines is 1. The lowest BCUT2D eigenvalue weighted by atomic mass is 10.1. The number of para-hydroxylation sites is 1. The number of rotatable bonds is 2. The molecule has 20 heavy (non-hydrogen) atoms. The smallest absolute Gasteiger partial charge is 0.228 e. The molecular weight excluding hydrogens is 248 g/mol. The SMILES string of the molecule is CC(C)Nc1nc2ccccc2c2ccccc2c1=O. The Hall–Kier alpha value is -2.42. The van der Waals surface area contributed by atoms with Gasteiger partial charge in [0.2, 0.25) is 5.43 Å². The van der Waals surface area contributed by atoms with Gasteiger partial charge in [-0.1, -0.05) is 42.5 Å². The van der Waals surface area contributed by atoms with Crippen molar-refractivity contribution in [3.8, 4) is 0 Å². The first-order valence-corrected chi connectivity index (χ1v) is 6.75. The van der Waals surface area contributed by atoms with Crippen molar-refractivity contribution in [3.05, 3.63) is 58.8 Å². The summed E-state index contributed by atoms with van der Waals surface area (Å²) >= 11 is 0. The van der Waals surface area contributed by atoms with E-state index < -0.39 is 0 Å². The van der Waals surface area contributed by atoms with Gasteiger partial charge in [0.05, 0.1) is 5.52 Å². The van der Waals surface area contributed by atoms with Crippen LogP contribution in [0.1, 0.15) is 13.8 Å². The van der Waals surface area contributed by atoms with E-state index >= 15 is 0 Å².